The Balaban J connectivity index is 1.46. The van der Waals surface area contributed by atoms with Crippen LogP contribution in [0.3, 0.4) is 0 Å². The molecule has 1 amide bonds. The standard InChI is InChI=1S/C26H34FN7O5/c1-4-39-26(36)17(2)33-9-5-6-19-14-18(15-22(23(19)33)34(37)38)16-31-10-12-32(13-11-31)21-8-7-20(29-24(21)27)25(35)30-28-3/h7-8,14-15,17,28H,4-6,9-13,16H2,1-3H3,(H,30,35). The molecule has 39 heavy (non-hydrogen) atoms. The lowest BCUT2D eigenvalue weighted by Crippen LogP contribution is -2.46. The molecule has 1 aromatic heterocycles. The fraction of sp³-hybridized carbons (Fsp3) is 0.500. The second-order valence-electron chi connectivity index (χ2n) is 9.58. The number of esters is 1. The lowest BCUT2D eigenvalue weighted by molar-refractivity contribution is -0.384. The van der Waals surface area contributed by atoms with Crippen molar-refractivity contribution < 1.29 is 23.6 Å². The number of ether oxygens (including phenoxy) is 1. The minimum Gasteiger partial charge on any atom is -0.464 e. The molecule has 1 atom stereocenters. The van der Waals surface area contributed by atoms with Crippen molar-refractivity contribution in [3.63, 3.8) is 0 Å². The first-order valence-corrected chi connectivity index (χ1v) is 13.1. The zero-order chi connectivity index (χ0) is 28.1. The van der Waals surface area contributed by atoms with Gasteiger partial charge in [0.2, 0.25) is 5.95 Å². The number of nitrogens with one attached hydrogen (secondary N) is 2. The van der Waals surface area contributed by atoms with Crippen molar-refractivity contribution in [3.8, 4) is 0 Å². The SMILES string of the molecule is CCOC(=O)C(C)N1CCCc2cc(CN3CCN(c4ccc(C(=O)NNC)nc4F)CC3)cc([N+](=O)[O-])c21. The summed E-state index contributed by atoms with van der Waals surface area (Å²) >= 11 is 0. The van der Waals surface area contributed by atoms with Gasteiger partial charge in [-0.1, -0.05) is 6.07 Å². The number of rotatable bonds is 9. The maximum absolute atomic E-state index is 14.7. The molecule has 0 spiro atoms. The van der Waals surface area contributed by atoms with Gasteiger partial charge in [0.1, 0.15) is 17.4 Å². The van der Waals surface area contributed by atoms with E-state index in [0.29, 0.717) is 57.1 Å². The summed E-state index contributed by atoms with van der Waals surface area (Å²) in [6, 6.07) is 6.01. The van der Waals surface area contributed by atoms with Crippen molar-refractivity contribution in [1.82, 2.24) is 20.7 Å². The first-order chi connectivity index (χ1) is 18.7. The number of pyridine rings is 1. The summed E-state index contributed by atoms with van der Waals surface area (Å²) in [4.78, 5) is 45.6. The molecule has 12 nitrogen and oxygen atoms in total. The summed E-state index contributed by atoms with van der Waals surface area (Å²) < 4.78 is 19.8. The molecule has 0 radical (unpaired) electrons. The molecule has 0 saturated carbocycles. The first kappa shape index (κ1) is 28.2. The molecule has 2 aliphatic rings. The number of hydrogen-bond donors (Lipinski definition) is 2. The number of piperazine rings is 1. The van der Waals surface area contributed by atoms with Gasteiger partial charge in [-0.15, -0.1) is 0 Å². The summed E-state index contributed by atoms with van der Waals surface area (Å²) in [7, 11) is 1.53. The van der Waals surface area contributed by atoms with E-state index in [2.05, 4.69) is 20.7 Å². The van der Waals surface area contributed by atoms with E-state index in [1.807, 2.05) is 11.0 Å². The van der Waals surface area contributed by atoms with Crippen LogP contribution in [0, 0.1) is 16.1 Å². The van der Waals surface area contributed by atoms with Crippen LogP contribution in [0.2, 0.25) is 0 Å². The number of anilines is 2. The minimum absolute atomic E-state index is 0.00692. The third kappa shape index (κ3) is 6.25. The quantitative estimate of drug-likeness (QED) is 0.209. The Morgan fingerprint density at radius 1 is 1.21 bits per heavy atom. The maximum atomic E-state index is 14.7. The van der Waals surface area contributed by atoms with Crippen LogP contribution in [0.1, 0.15) is 41.9 Å². The number of hydrazine groups is 1. The van der Waals surface area contributed by atoms with Gasteiger partial charge >= 0.3 is 5.97 Å². The number of aryl methyl sites for hydroxylation is 1. The predicted molar refractivity (Wildman–Crippen MR) is 143 cm³/mol. The first-order valence-electron chi connectivity index (χ1n) is 13.1. The highest BCUT2D eigenvalue weighted by molar-refractivity contribution is 5.92. The van der Waals surface area contributed by atoms with E-state index in [9.17, 15) is 24.1 Å². The highest BCUT2D eigenvalue weighted by Gasteiger charge is 2.33. The van der Waals surface area contributed by atoms with E-state index in [1.165, 1.54) is 13.1 Å². The minimum atomic E-state index is -0.709. The average Bonchev–Trinajstić information content (AvgIpc) is 2.92. The normalized spacial score (nSPS) is 16.4. The Labute approximate surface area is 226 Å². The van der Waals surface area contributed by atoms with Gasteiger partial charge in [0, 0.05) is 52.4 Å². The number of carbonyl (C=O) groups is 2. The molecular weight excluding hydrogens is 509 g/mol. The van der Waals surface area contributed by atoms with Gasteiger partial charge in [0.15, 0.2) is 0 Å². The molecule has 0 bridgehead atoms. The summed E-state index contributed by atoms with van der Waals surface area (Å²) in [6.45, 7) is 7.08. The van der Waals surface area contributed by atoms with Crippen LogP contribution in [0.25, 0.3) is 0 Å². The lowest BCUT2D eigenvalue weighted by atomic mass is 9.96. The number of benzene rings is 1. The topological polar surface area (TPSA) is 133 Å². The smallest absolute Gasteiger partial charge is 0.328 e. The van der Waals surface area contributed by atoms with E-state index >= 15 is 0 Å². The maximum Gasteiger partial charge on any atom is 0.328 e. The van der Waals surface area contributed by atoms with Crippen molar-refractivity contribution in [2.75, 3.05) is 56.2 Å². The van der Waals surface area contributed by atoms with Crippen molar-refractivity contribution in [1.29, 1.82) is 0 Å². The third-order valence-electron chi connectivity index (χ3n) is 7.07. The van der Waals surface area contributed by atoms with Gasteiger partial charge in [-0.3, -0.25) is 25.2 Å². The number of hydrogen-bond acceptors (Lipinski definition) is 10. The molecule has 1 aromatic carbocycles. The Bertz CT molecular complexity index is 1240. The molecule has 1 fully saturated rings. The average molecular weight is 544 g/mol. The Morgan fingerprint density at radius 2 is 1.95 bits per heavy atom. The van der Waals surface area contributed by atoms with Crippen molar-refractivity contribution in [2.24, 2.45) is 0 Å². The van der Waals surface area contributed by atoms with Crippen LogP contribution in [-0.4, -0.2) is 79.1 Å². The number of halogens is 1. The molecule has 210 valence electrons. The molecular formula is C26H34FN7O5. The largest absolute Gasteiger partial charge is 0.464 e. The van der Waals surface area contributed by atoms with Crippen LogP contribution in [0.15, 0.2) is 24.3 Å². The molecule has 3 heterocycles. The summed E-state index contributed by atoms with van der Waals surface area (Å²) in [6.07, 6.45) is 1.48. The van der Waals surface area contributed by atoms with E-state index in [4.69, 9.17) is 4.74 Å². The zero-order valence-electron chi connectivity index (χ0n) is 22.4. The molecule has 4 rings (SSSR count). The van der Waals surface area contributed by atoms with Crippen LogP contribution >= 0.6 is 0 Å². The molecule has 13 heteroatoms. The molecule has 2 N–H and O–H groups in total. The zero-order valence-corrected chi connectivity index (χ0v) is 22.4. The summed E-state index contributed by atoms with van der Waals surface area (Å²) in [5.74, 6) is -1.63. The van der Waals surface area contributed by atoms with Gasteiger partial charge in [-0.25, -0.2) is 15.2 Å². The number of aromatic nitrogens is 1. The van der Waals surface area contributed by atoms with Crippen molar-refractivity contribution in [2.45, 2.75) is 39.3 Å². The molecule has 2 aliphatic heterocycles. The van der Waals surface area contributed by atoms with Crippen molar-refractivity contribution in [3.05, 3.63) is 57.1 Å². The fourth-order valence-corrected chi connectivity index (χ4v) is 5.20. The van der Waals surface area contributed by atoms with Gasteiger partial charge in [-0.2, -0.15) is 4.39 Å². The Kier molecular flexibility index (Phi) is 8.92. The number of nitro benzene ring substituents is 1. The van der Waals surface area contributed by atoms with Gasteiger partial charge < -0.3 is 14.5 Å². The number of carbonyl (C=O) groups excluding carboxylic acids is 2. The van der Waals surface area contributed by atoms with Gasteiger partial charge in [0.25, 0.3) is 11.6 Å². The van der Waals surface area contributed by atoms with E-state index in [-0.39, 0.29) is 22.9 Å². The third-order valence-corrected chi connectivity index (χ3v) is 7.07. The molecule has 1 unspecified atom stereocenters. The predicted octanol–water partition coefficient (Wildman–Crippen LogP) is 2.02. The molecule has 0 aliphatic carbocycles. The highest BCUT2D eigenvalue weighted by atomic mass is 19.1. The van der Waals surface area contributed by atoms with Crippen LogP contribution in [-0.2, 0) is 22.5 Å². The van der Waals surface area contributed by atoms with Gasteiger partial charge in [-0.05, 0) is 49.9 Å². The molecule has 2 aromatic rings. The van der Waals surface area contributed by atoms with Crippen LogP contribution in [0.5, 0.6) is 0 Å². The summed E-state index contributed by atoms with van der Waals surface area (Å²) in [5.41, 5.74) is 7.34. The lowest BCUT2D eigenvalue weighted by Gasteiger charge is -2.37. The number of nitrogens with zero attached hydrogens (tertiary/aromatic N) is 5. The van der Waals surface area contributed by atoms with E-state index in [1.54, 1.807) is 30.9 Å². The van der Waals surface area contributed by atoms with Crippen LogP contribution in [0.4, 0.5) is 21.5 Å². The summed E-state index contributed by atoms with van der Waals surface area (Å²) in [5, 5.41) is 12.1. The van der Waals surface area contributed by atoms with E-state index < -0.39 is 23.9 Å². The number of nitro groups is 1. The second kappa shape index (κ2) is 12.3. The van der Waals surface area contributed by atoms with Gasteiger partial charge in [0.05, 0.1) is 17.2 Å². The second-order valence-corrected chi connectivity index (χ2v) is 9.58. The number of fused-ring (bicyclic) bond motifs is 1. The number of amides is 1. The molecule has 1 saturated heterocycles. The highest BCUT2D eigenvalue weighted by Crippen LogP contribution is 2.39. The van der Waals surface area contributed by atoms with E-state index in [0.717, 1.165) is 17.5 Å². The monoisotopic (exact) mass is 543 g/mol. The van der Waals surface area contributed by atoms with Crippen LogP contribution < -0.4 is 20.7 Å². The Hall–Kier alpha value is -3.84. The fourth-order valence-electron chi connectivity index (χ4n) is 5.20. The Morgan fingerprint density at radius 3 is 2.59 bits per heavy atom. The van der Waals surface area contributed by atoms with Crippen molar-refractivity contribution >= 4 is 28.9 Å².